The Kier molecular flexibility index (Phi) is 5.93. The number of carbonyl (C=O) groups is 1. The molecular weight excluding hydrogens is 369 g/mol. The van der Waals surface area contributed by atoms with Crippen molar-refractivity contribution >= 4 is 11.6 Å². The third-order valence-corrected chi connectivity index (χ3v) is 4.86. The van der Waals surface area contributed by atoms with E-state index in [4.69, 9.17) is 4.74 Å². The number of hydrogen-bond acceptors (Lipinski definition) is 3. The van der Waals surface area contributed by atoms with Crippen LogP contribution in [0.15, 0.2) is 42.5 Å². The average Bonchev–Trinajstić information content (AvgIpc) is 2.65. The third kappa shape index (κ3) is 5.04. The molecule has 4 nitrogen and oxygen atoms in total. The molecule has 1 amide bonds. The maximum absolute atomic E-state index is 12.9. The molecule has 0 bridgehead atoms. The molecule has 0 radical (unpaired) electrons. The SMILES string of the molecule is Cc1ccc(NC(=O)c2cccc(C(F)(F)F)c2)cc1OC1CCN(C)CC1. The van der Waals surface area contributed by atoms with Crippen LogP contribution in [0.4, 0.5) is 18.9 Å². The molecule has 0 spiro atoms. The number of likely N-dealkylation sites (tertiary alicyclic amines) is 1. The number of alkyl halides is 3. The Morgan fingerprint density at radius 2 is 1.86 bits per heavy atom. The van der Waals surface area contributed by atoms with Gasteiger partial charge in [-0.1, -0.05) is 12.1 Å². The van der Waals surface area contributed by atoms with E-state index in [-0.39, 0.29) is 11.7 Å². The summed E-state index contributed by atoms with van der Waals surface area (Å²) in [6.07, 6.45) is -2.52. The molecule has 0 saturated carbocycles. The third-order valence-electron chi connectivity index (χ3n) is 4.86. The van der Waals surface area contributed by atoms with Crippen molar-refractivity contribution in [3.63, 3.8) is 0 Å². The summed E-state index contributed by atoms with van der Waals surface area (Å²) in [5, 5.41) is 2.65. The van der Waals surface area contributed by atoms with Gasteiger partial charge in [-0.25, -0.2) is 0 Å². The van der Waals surface area contributed by atoms with Crippen molar-refractivity contribution in [2.24, 2.45) is 0 Å². The van der Waals surface area contributed by atoms with Gasteiger partial charge in [-0.2, -0.15) is 13.2 Å². The molecule has 1 aliphatic heterocycles. The van der Waals surface area contributed by atoms with Crippen LogP contribution in [-0.2, 0) is 6.18 Å². The molecule has 1 heterocycles. The zero-order valence-corrected chi connectivity index (χ0v) is 15.8. The zero-order chi connectivity index (χ0) is 20.3. The molecule has 1 fully saturated rings. The first-order valence-corrected chi connectivity index (χ1v) is 9.17. The van der Waals surface area contributed by atoms with E-state index in [1.54, 1.807) is 12.1 Å². The van der Waals surface area contributed by atoms with Crippen LogP contribution in [0.25, 0.3) is 0 Å². The molecule has 0 aromatic heterocycles. The summed E-state index contributed by atoms with van der Waals surface area (Å²) in [6, 6.07) is 9.62. The van der Waals surface area contributed by atoms with Crippen LogP contribution >= 0.6 is 0 Å². The smallest absolute Gasteiger partial charge is 0.416 e. The highest BCUT2D eigenvalue weighted by molar-refractivity contribution is 6.04. The van der Waals surface area contributed by atoms with Crippen LogP contribution in [-0.4, -0.2) is 37.0 Å². The van der Waals surface area contributed by atoms with Gasteiger partial charge < -0.3 is 15.0 Å². The predicted octanol–water partition coefficient (Wildman–Crippen LogP) is 4.74. The van der Waals surface area contributed by atoms with Gasteiger partial charge in [-0.05, 0) is 56.6 Å². The lowest BCUT2D eigenvalue weighted by atomic mass is 10.1. The summed E-state index contributed by atoms with van der Waals surface area (Å²) in [5.41, 5.74) is 0.524. The largest absolute Gasteiger partial charge is 0.490 e. The number of nitrogens with zero attached hydrogens (tertiary/aromatic N) is 1. The van der Waals surface area contributed by atoms with Crippen molar-refractivity contribution in [3.8, 4) is 5.75 Å². The number of halogens is 3. The Morgan fingerprint density at radius 1 is 1.14 bits per heavy atom. The highest BCUT2D eigenvalue weighted by Crippen LogP contribution is 2.30. The lowest BCUT2D eigenvalue weighted by molar-refractivity contribution is -0.137. The van der Waals surface area contributed by atoms with Crippen molar-refractivity contribution in [3.05, 3.63) is 59.2 Å². The molecule has 2 aromatic rings. The van der Waals surface area contributed by atoms with Gasteiger partial charge in [0.15, 0.2) is 0 Å². The topological polar surface area (TPSA) is 41.6 Å². The Morgan fingerprint density at radius 3 is 2.54 bits per heavy atom. The maximum Gasteiger partial charge on any atom is 0.416 e. The molecule has 0 atom stereocenters. The van der Waals surface area contributed by atoms with Crippen molar-refractivity contribution in [1.82, 2.24) is 4.90 Å². The minimum Gasteiger partial charge on any atom is -0.490 e. The summed E-state index contributed by atoms with van der Waals surface area (Å²) in [5.74, 6) is 0.0802. The summed E-state index contributed by atoms with van der Waals surface area (Å²) in [6.45, 7) is 3.86. The van der Waals surface area contributed by atoms with E-state index in [2.05, 4.69) is 17.3 Å². The average molecular weight is 392 g/mol. The van der Waals surface area contributed by atoms with Crippen molar-refractivity contribution in [1.29, 1.82) is 0 Å². The van der Waals surface area contributed by atoms with Gasteiger partial charge in [0.2, 0.25) is 0 Å². The minimum atomic E-state index is -4.49. The zero-order valence-electron chi connectivity index (χ0n) is 15.8. The standard InChI is InChI=1S/C21H23F3N2O2/c1-14-6-7-17(13-19(14)28-18-8-10-26(2)11-9-18)25-20(27)15-4-3-5-16(12-15)21(22,23)24/h3-7,12-13,18H,8-11H2,1-2H3,(H,25,27). The lowest BCUT2D eigenvalue weighted by Gasteiger charge is -2.29. The van der Waals surface area contributed by atoms with E-state index < -0.39 is 17.6 Å². The van der Waals surface area contributed by atoms with Crippen LogP contribution in [0.3, 0.4) is 0 Å². The lowest BCUT2D eigenvalue weighted by Crippen LogP contribution is -2.35. The molecular formula is C21H23F3N2O2. The van der Waals surface area contributed by atoms with E-state index in [0.29, 0.717) is 11.4 Å². The van der Waals surface area contributed by atoms with Crippen molar-refractivity contribution in [2.75, 3.05) is 25.5 Å². The highest BCUT2D eigenvalue weighted by Gasteiger charge is 2.31. The summed E-state index contributed by atoms with van der Waals surface area (Å²) >= 11 is 0. The predicted molar refractivity (Wildman–Crippen MR) is 102 cm³/mol. The summed E-state index contributed by atoms with van der Waals surface area (Å²) in [4.78, 5) is 14.6. The van der Waals surface area contributed by atoms with Crippen LogP contribution < -0.4 is 10.1 Å². The number of carbonyl (C=O) groups excluding carboxylic acids is 1. The molecule has 3 rings (SSSR count). The fraction of sp³-hybridized carbons (Fsp3) is 0.381. The van der Waals surface area contributed by atoms with Crippen LogP contribution in [0.2, 0.25) is 0 Å². The fourth-order valence-electron chi connectivity index (χ4n) is 3.13. The molecule has 2 aromatic carbocycles. The number of rotatable bonds is 4. The van der Waals surface area contributed by atoms with Gasteiger partial charge in [0.1, 0.15) is 11.9 Å². The number of hydrogen-bond donors (Lipinski definition) is 1. The van der Waals surface area contributed by atoms with Gasteiger partial charge in [0, 0.05) is 30.4 Å². The minimum absolute atomic E-state index is 0.0480. The monoisotopic (exact) mass is 392 g/mol. The van der Waals surface area contributed by atoms with Gasteiger partial charge in [-0.15, -0.1) is 0 Å². The number of ether oxygens (including phenoxy) is 1. The Labute approximate surface area is 162 Å². The quantitative estimate of drug-likeness (QED) is 0.817. The van der Waals surface area contributed by atoms with Crippen LogP contribution in [0, 0.1) is 6.92 Å². The molecule has 0 unspecified atom stereocenters. The van der Waals surface area contributed by atoms with Crippen molar-refractivity contribution in [2.45, 2.75) is 32.0 Å². The summed E-state index contributed by atoms with van der Waals surface area (Å²) < 4.78 is 44.7. The Hall–Kier alpha value is -2.54. The van der Waals surface area contributed by atoms with Gasteiger partial charge >= 0.3 is 6.18 Å². The van der Waals surface area contributed by atoms with Crippen molar-refractivity contribution < 1.29 is 22.7 Å². The molecule has 7 heteroatoms. The van der Waals surface area contributed by atoms with E-state index in [9.17, 15) is 18.0 Å². The highest BCUT2D eigenvalue weighted by atomic mass is 19.4. The number of piperidine rings is 1. The molecule has 1 aliphatic rings. The second-order valence-electron chi connectivity index (χ2n) is 7.13. The van der Waals surface area contributed by atoms with Gasteiger partial charge in [0.05, 0.1) is 5.56 Å². The van der Waals surface area contributed by atoms with Gasteiger partial charge in [0.25, 0.3) is 5.91 Å². The van der Waals surface area contributed by atoms with E-state index >= 15 is 0 Å². The number of amides is 1. The van der Waals surface area contributed by atoms with E-state index in [1.807, 2.05) is 13.0 Å². The van der Waals surface area contributed by atoms with E-state index in [0.717, 1.165) is 43.6 Å². The summed E-state index contributed by atoms with van der Waals surface area (Å²) in [7, 11) is 2.07. The fourth-order valence-corrected chi connectivity index (χ4v) is 3.13. The Bertz CT molecular complexity index is 844. The van der Waals surface area contributed by atoms with Gasteiger partial charge in [-0.3, -0.25) is 4.79 Å². The van der Waals surface area contributed by atoms with Crippen LogP contribution in [0.1, 0.15) is 34.3 Å². The van der Waals surface area contributed by atoms with E-state index in [1.165, 1.54) is 12.1 Å². The van der Waals surface area contributed by atoms with Crippen LogP contribution in [0.5, 0.6) is 5.75 Å². The molecule has 0 aliphatic carbocycles. The second kappa shape index (κ2) is 8.22. The number of anilines is 1. The molecule has 150 valence electrons. The first-order chi connectivity index (χ1) is 13.2. The second-order valence-corrected chi connectivity index (χ2v) is 7.13. The Balaban J connectivity index is 1.71. The molecule has 1 N–H and O–H groups in total. The number of aryl methyl sites for hydroxylation is 1. The molecule has 1 saturated heterocycles. The first-order valence-electron chi connectivity index (χ1n) is 9.17. The molecule has 28 heavy (non-hydrogen) atoms. The number of benzene rings is 2. The number of nitrogens with one attached hydrogen (secondary N) is 1. The first kappa shape index (κ1) is 20.2. The normalized spacial score (nSPS) is 16.0. The maximum atomic E-state index is 12.9.